The Kier molecular flexibility index (Phi) is 6.39. The maximum atomic E-state index is 11.6. The van der Waals surface area contributed by atoms with Crippen LogP contribution in [0.5, 0.6) is 0 Å². The minimum absolute atomic E-state index is 0.0185. The summed E-state index contributed by atoms with van der Waals surface area (Å²) in [6.45, 7) is 4.50. The second kappa shape index (κ2) is 8.33. The first-order chi connectivity index (χ1) is 12.2. The molecule has 0 aliphatic carbocycles. The van der Waals surface area contributed by atoms with E-state index in [4.69, 9.17) is 38.3 Å². The maximum absolute atomic E-state index is 11.6. The Labute approximate surface area is 158 Å². The highest BCUT2D eigenvalue weighted by molar-refractivity contribution is 6.29. The molecule has 0 radical (unpaired) electrons. The summed E-state index contributed by atoms with van der Waals surface area (Å²) in [5, 5.41) is 0.0960. The van der Waals surface area contributed by atoms with Crippen LogP contribution in [0.15, 0.2) is 47.0 Å². The van der Waals surface area contributed by atoms with Crippen LogP contribution in [0.3, 0.4) is 0 Å². The predicted molar refractivity (Wildman–Crippen MR) is 101 cm³/mol. The molecule has 1 aliphatic heterocycles. The van der Waals surface area contributed by atoms with Crippen LogP contribution in [0, 0.1) is 0 Å². The van der Waals surface area contributed by atoms with Crippen LogP contribution in [0.4, 0.5) is 0 Å². The van der Waals surface area contributed by atoms with E-state index < -0.39 is 0 Å². The molecule has 8 heteroatoms. The lowest BCUT2D eigenvalue weighted by molar-refractivity contribution is -0.0972. The van der Waals surface area contributed by atoms with Crippen LogP contribution in [0.2, 0.25) is 0 Å². The number of morpholine rings is 1. The van der Waals surface area contributed by atoms with Crippen LogP contribution in [-0.2, 0) is 9.47 Å². The SMILES string of the molecule is COC(=O)c1ccc(C2CN(C(/C=C(\N)Cl)=C(N)N)C(C)C(C)O2)cc1. The van der Waals surface area contributed by atoms with Crippen LogP contribution in [0.25, 0.3) is 0 Å². The monoisotopic (exact) mass is 380 g/mol. The van der Waals surface area contributed by atoms with E-state index in [1.807, 2.05) is 30.9 Å². The largest absolute Gasteiger partial charge is 0.465 e. The quantitative estimate of drug-likeness (QED) is 0.413. The number of benzene rings is 1. The minimum atomic E-state index is -0.381. The molecule has 1 heterocycles. The molecule has 7 nitrogen and oxygen atoms in total. The Hall–Kier alpha value is -2.38. The van der Waals surface area contributed by atoms with Crippen molar-refractivity contribution in [2.75, 3.05) is 13.7 Å². The normalized spacial score (nSPS) is 23.5. The lowest BCUT2D eigenvalue weighted by Gasteiger charge is -2.44. The molecule has 1 aromatic rings. The van der Waals surface area contributed by atoms with Crippen molar-refractivity contribution in [3.63, 3.8) is 0 Å². The van der Waals surface area contributed by atoms with Gasteiger partial charge in [-0.2, -0.15) is 0 Å². The Morgan fingerprint density at radius 1 is 1.27 bits per heavy atom. The molecule has 0 amide bonds. The van der Waals surface area contributed by atoms with Crippen molar-refractivity contribution in [2.24, 2.45) is 17.2 Å². The van der Waals surface area contributed by atoms with Gasteiger partial charge >= 0.3 is 5.97 Å². The zero-order valence-electron chi connectivity index (χ0n) is 15.1. The number of ether oxygens (including phenoxy) is 2. The molecular weight excluding hydrogens is 356 g/mol. The van der Waals surface area contributed by atoms with E-state index in [1.165, 1.54) is 7.11 Å². The molecule has 2 rings (SSSR count). The van der Waals surface area contributed by atoms with Gasteiger partial charge in [0.1, 0.15) is 17.1 Å². The summed E-state index contributed by atoms with van der Waals surface area (Å²) in [5.41, 5.74) is 19.3. The number of carbonyl (C=O) groups is 1. The molecule has 1 fully saturated rings. The number of rotatable bonds is 4. The van der Waals surface area contributed by atoms with Gasteiger partial charge in [-0.1, -0.05) is 23.7 Å². The van der Waals surface area contributed by atoms with Gasteiger partial charge in [0.2, 0.25) is 0 Å². The van der Waals surface area contributed by atoms with Gasteiger partial charge in [-0.25, -0.2) is 4.79 Å². The number of methoxy groups -OCH3 is 1. The predicted octanol–water partition coefficient (Wildman–Crippen LogP) is 1.75. The molecule has 3 unspecified atom stereocenters. The number of halogens is 1. The average molecular weight is 381 g/mol. The second-order valence-corrected chi connectivity index (χ2v) is 6.64. The zero-order valence-corrected chi connectivity index (χ0v) is 15.9. The van der Waals surface area contributed by atoms with E-state index in [0.717, 1.165) is 5.56 Å². The van der Waals surface area contributed by atoms with Crippen molar-refractivity contribution >= 4 is 17.6 Å². The molecule has 142 valence electrons. The van der Waals surface area contributed by atoms with Crippen LogP contribution < -0.4 is 17.2 Å². The Balaban J connectivity index is 2.31. The van der Waals surface area contributed by atoms with Crippen molar-refractivity contribution in [1.29, 1.82) is 0 Å². The smallest absolute Gasteiger partial charge is 0.337 e. The first-order valence-electron chi connectivity index (χ1n) is 8.22. The maximum Gasteiger partial charge on any atom is 0.337 e. The fourth-order valence-corrected chi connectivity index (χ4v) is 3.03. The van der Waals surface area contributed by atoms with E-state index in [9.17, 15) is 4.79 Å². The fraction of sp³-hybridized carbons (Fsp3) is 0.389. The van der Waals surface area contributed by atoms with Crippen molar-refractivity contribution in [3.05, 3.63) is 58.1 Å². The van der Waals surface area contributed by atoms with Crippen molar-refractivity contribution in [1.82, 2.24) is 4.90 Å². The standard InChI is InChI=1S/C18H25ClN4O3/c1-10-11(2)26-15(9-23(10)14(17(21)22)8-16(19)20)12-4-6-13(7-5-12)18(24)25-3/h4-8,10-11,15H,9,20-22H2,1-3H3/b16-8-. The molecule has 1 aromatic carbocycles. The highest BCUT2D eigenvalue weighted by Gasteiger charge is 2.34. The average Bonchev–Trinajstić information content (AvgIpc) is 2.61. The summed E-state index contributed by atoms with van der Waals surface area (Å²) in [4.78, 5) is 13.6. The molecule has 1 saturated heterocycles. The van der Waals surface area contributed by atoms with Crippen molar-refractivity contribution < 1.29 is 14.3 Å². The number of carbonyl (C=O) groups excluding carboxylic acids is 1. The summed E-state index contributed by atoms with van der Waals surface area (Å²) >= 11 is 5.83. The number of esters is 1. The first-order valence-corrected chi connectivity index (χ1v) is 8.60. The van der Waals surface area contributed by atoms with Crippen LogP contribution in [-0.4, -0.2) is 36.7 Å². The highest BCUT2D eigenvalue weighted by atomic mass is 35.5. The summed E-state index contributed by atoms with van der Waals surface area (Å²) < 4.78 is 10.9. The van der Waals surface area contributed by atoms with Gasteiger partial charge in [-0.05, 0) is 37.6 Å². The molecule has 0 bridgehead atoms. The number of nitrogens with two attached hydrogens (primary N) is 3. The second-order valence-electron chi connectivity index (χ2n) is 6.21. The summed E-state index contributed by atoms with van der Waals surface area (Å²) in [6, 6.07) is 7.13. The van der Waals surface area contributed by atoms with E-state index in [0.29, 0.717) is 17.8 Å². The number of hydrogen-bond acceptors (Lipinski definition) is 7. The van der Waals surface area contributed by atoms with Crippen LogP contribution in [0.1, 0.15) is 35.9 Å². The third-order valence-corrected chi connectivity index (χ3v) is 4.60. The van der Waals surface area contributed by atoms with Gasteiger partial charge in [-0.3, -0.25) is 0 Å². The topological polar surface area (TPSA) is 117 Å². The van der Waals surface area contributed by atoms with E-state index in [2.05, 4.69) is 0 Å². The Morgan fingerprint density at radius 3 is 2.38 bits per heavy atom. The minimum Gasteiger partial charge on any atom is -0.465 e. The zero-order chi connectivity index (χ0) is 19.4. The highest BCUT2D eigenvalue weighted by Crippen LogP contribution is 2.32. The molecule has 1 aliphatic rings. The van der Waals surface area contributed by atoms with Gasteiger partial charge in [0.05, 0.1) is 30.5 Å². The van der Waals surface area contributed by atoms with Crippen LogP contribution >= 0.6 is 11.6 Å². The molecule has 6 N–H and O–H groups in total. The van der Waals surface area contributed by atoms with Gasteiger partial charge < -0.3 is 31.6 Å². The van der Waals surface area contributed by atoms with E-state index in [-0.39, 0.29) is 35.2 Å². The Morgan fingerprint density at radius 2 is 1.88 bits per heavy atom. The molecule has 26 heavy (non-hydrogen) atoms. The summed E-state index contributed by atoms with van der Waals surface area (Å²) in [7, 11) is 1.35. The number of nitrogens with zero attached hydrogens (tertiary/aromatic N) is 1. The number of hydrogen-bond donors (Lipinski definition) is 3. The summed E-state index contributed by atoms with van der Waals surface area (Å²) in [5.74, 6) is -0.247. The molecular formula is C18H25ClN4O3. The van der Waals surface area contributed by atoms with Gasteiger partial charge in [0.25, 0.3) is 0 Å². The van der Waals surface area contributed by atoms with Gasteiger partial charge in [-0.15, -0.1) is 0 Å². The molecule has 0 saturated carbocycles. The fourth-order valence-electron chi connectivity index (χ4n) is 2.93. The molecule has 0 spiro atoms. The van der Waals surface area contributed by atoms with Gasteiger partial charge in [0, 0.05) is 6.54 Å². The number of allylic oxidation sites excluding steroid dienone is 1. The first kappa shape index (κ1) is 19.9. The Bertz CT molecular complexity index is 710. The van der Waals surface area contributed by atoms with Crippen molar-refractivity contribution in [2.45, 2.75) is 32.1 Å². The third-order valence-electron chi connectivity index (χ3n) is 4.50. The molecule has 3 atom stereocenters. The lowest BCUT2D eigenvalue weighted by Crippen LogP contribution is -2.49. The summed E-state index contributed by atoms with van der Waals surface area (Å²) in [6.07, 6.45) is 1.23. The van der Waals surface area contributed by atoms with E-state index >= 15 is 0 Å². The van der Waals surface area contributed by atoms with Gasteiger partial charge in [0.15, 0.2) is 0 Å². The van der Waals surface area contributed by atoms with E-state index in [1.54, 1.807) is 18.2 Å². The third kappa shape index (κ3) is 4.42. The molecule has 0 aromatic heterocycles. The van der Waals surface area contributed by atoms with Crippen molar-refractivity contribution in [3.8, 4) is 0 Å². The lowest BCUT2D eigenvalue weighted by atomic mass is 10.0.